The highest BCUT2D eigenvalue weighted by atomic mass is 16.5. The van der Waals surface area contributed by atoms with E-state index in [1.807, 2.05) is 50.2 Å². The number of hydrogen-bond acceptors (Lipinski definition) is 6. The van der Waals surface area contributed by atoms with E-state index in [2.05, 4.69) is 10.3 Å². The molecule has 7 nitrogen and oxygen atoms in total. The summed E-state index contributed by atoms with van der Waals surface area (Å²) >= 11 is 0. The lowest BCUT2D eigenvalue weighted by molar-refractivity contribution is -0.121. The highest BCUT2D eigenvalue weighted by Crippen LogP contribution is 2.39. The lowest BCUT2D eigenvalue weighted by Gasteiger charge is -2.18. The molecule has 3 rings (SSSR count). The van der Waals surface area contributed by atoms with E-state index >= 15 is 0 Å². The van der Waals surface area contributed by atoms with Crippen LogP contribution in [0, 0.1) is 6.92 Å². The number of aromatic nitrogens is 1. The molecule has 3 aromatic rings. The number of amides is 1. The van der Waals surface area contributed by atoms with Crippen LogP contribution in [0.1, 0.15) is 36.4 Å². The van der Waals surface area contributed by atoms with Crippen molar-refractivity contribution in [3.8, 4) is 28.6 Å². The van der Waals surface area contributed by atoms with Crippen molar-refractivity contribution >= 4 is 5.91 Å². The predicted molar refractivity (Wildman–Crippen MR) is 118 cm³/mol. The molecule has 1 aromatic heterocycles. The number of oxazole rings is 1. The first-order valence-corrected chi connectivity index (χ1v) is 10.1. The fourth-order valence-electron chi connectivity index (χ4n) is 3.25. The summed E-state index contributed by atoms with van der Waals surface area (Å²) in [6.45, 7) is 3.94. The van der Waals surface area contributed by atoms with Crippen molar-refractivity contribution < 1.29 is 23.4 Å². The first-order valence-electron chi connectivity index (χ1n) is 10.1. The quantitative estimate of drug-likeness (QED) is 0.545. The van der Waals surface area contributed by atoms with Crippen molar-refractivity contribution in [3.63, 3.8) is 0 Å². The monoisotopic (exact) mass is 424 g/mol. The molecule has 0 fully saturated rings. The summed E-state index contributed by atoms with van der Waals surface area (Å²) in [5, 5.41) is 2.99. The van der Waals surface area contributed by atoms with Crippen molar-refractivity contribution in [3.05, 3.63) is 59.6 Å². The van der Waals surface area contributed by atoms with Gasteiger partial charge < -0.3 is 23.9 Å². The van der Waals surface area contributed by atoms with Crippen molar-refractivity contribution in [2.75, 3.05) is 21.3 Å². The molecule has 164 valence electrons. The zero-order valence-corrected chi connectivity index (χ0v) is 18.5. The Morgan fingerprint density at radius 1 is 1.06 bits per heavy atom. The molecule has 1 amide bonds. The number of nitrogens with one attached hydrogen (secondary N) is 1. The zero-order chi connectivity index (χ0) is 22.4. The molecule has 1 atom stereocenters. The standard InChI is InChI=1S/C24H28N2O5/c1-15-6-8-17(9-7-15)21-14-25-23(31-21)11-10-22(27)26-16(2)18-12-19(28-3)24(30-5)20(13-18)29-4/h6-9,12-14,16H,10-11H2,1-5H3,(H,26,27). The highest BCUT2D eigenvalue weighted by molar-refractivity contribution is 5.76. The molecule has 0 aliphatic rings. The van der Waals surface area contributed by atoms with Crippen molar-refractivity contribution in [2.24, 2.45) is 0 Å². The Hall–Kier alpha value is -3.48. The van der Waals surface area contributed by atoms with Gasteiger partial charge >= 0.3 is 0 Å². The van der Waals surface area contributed by atoms with Gasteiger partial charge in [-0.3, -0.25) is 4.79 Å². The second-order valence-corrected chi connectivity index (χ2v) is 7.23. The molecule has 0 spiro atoms. The van der Waals surface area contributed by atoms with Crippen LogP contribution < -0.4 is 19.5 Å². The van der Waals surface area contributed by atoms with Crippen LogP contribution in [0.4, 0.5) is 0 Å². The third-order valence-corrected chi connectivity index (χ3v) is 5.02. The third-order valence-electron chi connectivity index (χ3n) is 5.02. The Morgan fingerprint density at radius 2 is 1.71 bits per heavy atom. The zero-order valence-electron chi connectivity index (χ0n) is 18.5. The fraction of sp³-hybridized carbons (Fsp3) is 0.333. The Labute approximate surface area is 182 Å². The summed E-state index contributed by atoms with van der Waals surface area (Å²) in [6.07, 6.45) is 2.37. The van der Waals surface area contributed by atoms with Crippen LogP contribution in [-0.2, 0) is 11.2 Å². The second kappa shape index (κ2) is 10.0. The number of benzene rings is 2. The maximum atomic E-state index is 12.5. The summed E-state index contributed by atoms with van der Waals surface area (Å²) in [5.41, 5.74) is 2.99. The Balaban J connectivity index is 1.60. The Bertz CT molecular complexity index is 1000. The van der Waals surface area contributed by atoms with Crippen LogP contribution >= 0.6 is 0 Å². The number of hydrogen-bond donors (Lipinski definition) is 1. The highest BCUT2D eigenvalue weighted by Gasteiger charge is 2.18. The van der Waals surface area contributed by atoms with Gasteiger partial charge in [0.1, 0.15) is 0 Å². The summed E-state index contributed by atoms with van der Waals surface area (Å²) in [4.78, 5) is 16.8. The molecule has 0 aliphatic carbocycles. The molecule has 0 saturated heterocycles. The number of carbonyl (C=O) groups excluding carboxylic acids is 1. The number of nitrogens with zero attached hydrogens (tertiary/aromatic N) is 1. The minimum atomic E-state index is -0.242. The van der Waals surface area contributed by atoms with Crippen LogP contribution in [0.15, 0.2) is 47.0 Å². The number of carbonyl (C=O) groups is 1. The minimum absolute atomic E-state index is 0.101. The van der Waals surface area contributed by atoms with E-state index in [0.29, 0.717) is 35.3 Å². The van der Waals surface area contributed by atoms with E-state index in [9.17, 15) is 4.79 Å². The first kappa shape index (κ1) is 22.2. The normalized spacial score (nSPS) is 11.6. The van der Waals surface area contributed by atoms with Gasteiger partial charge in [-0.05, 0) is 31.5 Å². The van der Waals surface area contributed by atoms with Gasteiger partial charge in [0.15, 0.2) is 23.1 Å². The largest absolute Gasteiger partial charge is 0.493 e. The first-order chi connectivity index (χ1) is 14.9. The molecular weight excluding hydrogens is 396 g/mol. The van der Waals surface area contributed by atoms with Crippen molar-refractivity contribution in [1.29, 1.82) is 0 Å². The predicted octanol–water partition coefficient (Wildman–Crippen LogP) is 4.49. The molecule has 1 heterocycles. The lowest BCUT2D eigenvalue weighted by Crippen LogP contribution is -2.27. The van der Waals surface area contributed by atoms with Crippen molar-refractivity contribution in [1.82, 2.24) is 10.3 Å². The number of ether oxygens (including phenoxy) is 3. The molecule has 0 aliphatic heterocycles. The van der Waals surface area contributed by atoms with Gasteiger partial charge in [0, 0.05) is 18.4 Å². The summed E-state index contributed by atoms with van der Waals surface area (Å²) in [5.74, 6) is 2.73. The van der Waals surface area contributed by atoms with Gasteiger partial charge in [0.25, 0.3) is 0 Å². The van der Waals surface area contributed by atoms with Crippen LogP contribution in [0.25, 0.3) is 11.3 Å². The van der Waals surface area contributed by atoms with E-state index < -0.39 is 0 Å². The molecule has 0 bridgehead atoms. The fourth-order valence-corrected chi connectivity index (χ4v) is 3.25. The smallest absolute Gasteiger partial charge is 0.220 e. The summed E-state index contributed by atoms with van der Waals surface area (Å²) < 4.78 is 21.9. The number of methoxy groups -OCH3 is 3. The van der Waals surface area contributed by atoms with Gasteiger partial charge in [0.05, 0.1) is 33.6 Å². The maximum Gasteiger partial charge on any atom is 0.220 e. The van der Waals surface area contributed by atoms with Gasteiger partial charge in [-0.15, -0.1) is 0 Å². The summed E-state index contributed by atoms with van der Waals surface area (Å²) in [7, 11) is 4.68. The topological polar surface area (TPSA) is 82.8 Å². The summed E-state index contributed by atoms with van der Waals surface area (Å²) in [6, 6.07) is 11.4. The molecule has 0 saturated carbocycles. The van der Waals surface area contributed by atoms with Crippen LogP contribution in [0.3, 0.4) is 0 Å². The van der Waals surface area contributed by atoms with Crippen LogP contribution in [0.2, 0.25) is 0 Å². The number of rotatable bonds is 9. The van der Waals surface area contributed by atoms with Crippen molar-refractivity contribution in [2.45, 2.75) is 32.7 Å². The minimum Gasteiger partial charge on any atom is -0.493 e. The van der Waals surface area contributed by atoms with E-state index in [4.69, 9.17) is 18.6 Å². The molecule has 31 heavy (non-hydrogen) atoms. The number of aryl methyl sites for hydroxylation is 2. The van der Waals surface area contributed by atoms with E-state index in [1.54, 1.807) is 27.5 Å². The third kappa shape index (κ3) is 5.36. The maximum absolute atomic E-state index is 12.5. The van der Waals surface area contributed by atoms with Gasteiger partial charge in [0.2, 0.25) is 11.7 Å². The Morgan fingerprint density at radius 3 is 2.29 bits per heavy atom. The molecular formula is C24H28N2O5. The van der Waals surface area contributed by atoms with E-state index in [0.717, 1.165) is 11.1 Å². The molecule has 2 aromatic carbocycles. The Kier molecular flexibility index (Phi) is 7.18. The molecule has 1 unspecified atom stereocenters. The average molecular weight is 424 g/mol. The second-order valence-electron chi connectivity index (χ2n) is 7.23. The van der Waals surface area contributed by atoms with Gasteiger partial charge in [-0.25, -0.2) is 4.98 Å². The van der Waals surface area contributed by atoms with E-state index in [-0.39, 0.29) is 18.4 Å². The van der Waals surface area contributed by atoms with Gasteiger partial charge in [-0.1, -0.05) is 29.8 Å². The molecule has 0 radical (unpaired) electrons. The molecule has 7 heteroatoms. The molecule has 1 N–H and O–H groups in total. The average Bonchev–Trinajstić information content (AvgIpc) is 3.26. The lowest BCUT2D eigenvalue weighted by atomic mass is 10.1. The van der Waals surface area contributed by atoms with Crippen LogP contribution in [0.5, 0.6) is 17.2 Å². The van der Waals surface area contributed by atoms with Crippen LogP contribution in [-0.4, -0.2) is 32.2 Å². The van der Waals surface area contributed by atoms with E-state index in [1.165, 1.54) is 5.56 Å². The SMILES string of the molecule is COc1cc(C(C)NC(=O)CCc2ncc(-c3ccc(C)cc3)o2)cc(OC)c1OC. The van der Waals surface area contributed by atoms with Gasteiger partial charge in [-0.2, -0.15) is 0 Å².